The van der Waals surface area contributed by atoms with Crippen molar-refractivity contribution in [1.82, 2.24) is 4.98 Å². The van der Waals surface area contributed by atoms with Crippen LogP contribution in [0.15, 0.2) is 18.2 Å². The summed E-state index contributed by atoms with van der Waals surface area (Å²) in [6.07, 6.45) is 0.676. The van der Waals surface area contributed by atoms with Crippen LogP contribution in [0.4, 0.5) is 5.82 Å². The van der Waals surface area contributed by atoms with Crippen molar-refractivity contribution in [3.8, 4) is 0 Å². The minimum atomic E-state index is -1.11. The molecule has 4 N–H and O–H groups in total. The Morgan fingerprint density at radius 3 is 2.63 bits per heavy atom. The number of carbonyl (C=O) groups is 2. The molecule has 0 bridgehead atoms. The average molecular weight is 265 g/mol. The van der Waals surface area contributed by atoms with Crippen LogP contribution in [-0.2, 0) is 9.53 Å². The molecule has 0 radical (unpaired) electrons. The van der Waals surface area contributed by atoms with Gasteiger partial charge in [0.25, 0.3) is 5.91 Å². The highest BCUT2D eigenvalue weighted by molar-refractivity contribution is 5.91. The zero-order valence-corrected chi connectivity index (χ0v) is 10.3. The van der Waals surface area contributed by atoms with E-state index in [9.17, 15) is 14.7 Å². The number of nitrogens with one attached hydrogen (secondary N) is 1. The van der Waals surface area contributed by atoms with Crippen molar-refractivity contribution in [2.24, 2.45) is 5.73 Å². The van der Waals surface area contributed by atoms with E-state index in [1.165, 1.54) is 6.07 Å². The molecule has 1 amide bonds. The van der Waals surface area contributed by atoms with Gasteiger partial charge in [-0.1, -0.05) is 6.07 Å². The van der Waals surface area contributed by atoms with E-state index in [-0.39, 0.29) is 5.69 Å². The Morgan fingerprint density at radius 1 is 1.37 bits per heavy atom. The van der Waals surface area contributed by atoms with Gasteiger partial charge in [0.1, 0.15) is 17.1 Å². The Kier molecular flexibility index (Phi) is 3.66. The lowest BCUT2D eigenvalue weighted by molar-refractivity contribution is -0.145. The summed E-state index contributed by atoms with van der Waals surface area (Å²) in [5, 5.41) is 12.3. The van der Waals surface area contributed by atoms with Crippen molar-refractivity contribution < 1.29 is 19.4 Å². The number of aromatic nitrogens is 1. The van der Waals surface area contributed by atoms with Crippen LogP contribution in [0.25, 0.3) is 0 Å². The highest BCUT2D eigenvalue weighted by atomic mass is 16.5. The van der Waals surface area contributed by atoms with Gasteiger partial charge in [-0.2, -0.15) is 0 Å². The summed E-state index contributed by atoms with van der Waals surface area (Å²) in [5.41, 5.74) is 4.13. The van der Waals surface area contributed by atoms with E-state index in [2.05, 4.69) is 10.3 Å². The van der Waals surface area contributed by atoms with Crippen LogP contribution in [0.3, 0.4) is 0 Å². The number of pyridine rings is 1. The lowest BCUT2D eigenvalue weighted by atomic mass is 9.90. The van der Waals surface area contributed by atoms with Gasteiger partial charge in [0.2, 0.25) is 0 Å². The molecule has 2 rings (SSSR count). The van der Waals surface area contributed by atoms with Gasteiger partial charge >= 0.3 is 5.97 Å². The summed E-state index contributed by atoms with van der Waals surface area (Å²) < 4.78 is 5.18. The predicted octanol–water partition coefficient (Wildman–Crippen LogP) is 0.226. The predicted molar refractivity (Wildman–Crippen MR) is 66.8 cm³/mol. The van der Waals surface area contributed by atoms with Crippen LogP contribution in [0.1, 0.15) is 23.3 Å². The van der Waals surface area contributed by atoms with Gasteiger partial charge in [0.05, 0.1) is 0 Å². The van der Waals surface area contributed by atoms with Gasteiger partial charge in [-0.15, -0.1) is 0 Å². The molecule has 0 aliphatic carbocycles. The van der Waals surface area contributed by atoms with Crippen molar-refractivity contribution in [3.05, 3.63) is 23.9 Å². The Morgan fingerprint density at radius 2 is 2.05 bits per heavy atom. The fraction of sp³-hybridized carbons (Fsp3) is 0.417. The molecule has 0 spiro atoms. The number of anilines is 1. The van der Waals surface area contributed by atoms with Crippen LogP contribution in [0.2, 0.25) is 0 Å². The number of carboxylic acids is 1. The Hall–Kier alpha value is -2.15. The smallest absolute Gasteiger partial charge is 0.329 e. The summed E-state index contributed by atoms with van der Waals surface area (Å²) >= 11 is 0. The number of carbonyl (C=O) groups excluding carboxylic acids is 1. The first-order valence-electron chi connectivity index (χ1n) is 5.90. The third kappa shape index (κ3) is 2.82. The summed E-state index contributed by atoms with van der Waals surface area (Å²) in [6.45, 7) is 0.740. The number of rotatable bonds is 4. The molecular formula is C12H15N3O4. The fourth-order valence-corrected chi connectivity index (χ4v) is 2.00. The minimum Gasteiger partial charge on any atom is -0.480 e. The molecular weight excluding hydrogens is 250 g/mol. The molecule has 7 nitrogen and oxygen atoms in total. The third-order valence-corrected chi connectivity index (χ3v) is 3.12. The number of ether oxygens (including phenoxy) is 1. The zero-order chi connectivity index (χ0) is 13.9. The third-order valence-electron chi connectivity index (χ3n) is 3.12. The first kappa shape index (κ1) is 13.3. The summed E-state index contributed by atoms with van der Waals surface area (Å²) in [5.74, 6) is -1.29. The molecule has 1 aromatic rings. The number of primary amides is 1. The molecule has 1 fully saturated rings. The topological polar surface area (TPSA) is 115 Å². The lowest BCUT2D eigenvalue weighted by Crippen LogP contribution is -2.50. The lowest BCUT2D eigenvalue weighted by Gasteiger charge is -2.34. The van der Waals surface area contributed by atoms with Gasteiger partial charge in [-0.25, -0.2) is 9.78 Å². The van der Waals surface area contributed by atoms with Crippen molar-refractivity contribution >= 4 is 17.7 Å². The summed E-state index contributed by atoms with van der Waals surface area (Å²) in [6, 6.07) is 4.68. The maximum absolute atomic E-state index is 11.5. The van der Waals surface area contributed by atoms with E-state index < -0.39 is 17.4 Å². The van der Waals surface area contributed by atoms with E-state index >= 15 is 0 Å². The van der Waals surface area contributed by atoms with Crippen LogP contribution in [-0.4, -0.2) is 40.7 Å². The van der Waals surface area contributed by atoms with Crippen molar-refractivity contribution in [2.45, 2.75) is 18.4 Å². The Labute approximate surface area is 109 Å². The van der Waals surface area contributed by atoms with E-state index in [1.54, 1.807) is 12.1 Å². The molecule has 0 atom stereocenters. The summed E-state index contributed by atoms with van der Waals surface area (Å²) in [4.78, 5) is 26.5. The van der Waals surface area contributed by atoms with Crippen LogP contribution < -0.4 is 11.1 Å². The highest BCUT2D eigenvalue weighted by Crippen LogP contribution is 2.25. The van der Waals surface area contributed by atoms with Gasteiger partial charge in [0.15, 0.2) is 0 Å². The molecule has 19 heavy (non-hydrogen) atoms. The molecule has 0 aromatic carbocycles. The SMILES string of the molecule is NC(=O)c1cccc(NC2(C(=O)O)CCOCC2)n1. The molecule has 102 valence electrons. The molecule has 0 saturated carbocycles. The van der Waals surface area contributed by atoms with Gasteiger partial charge in [0, 0.05) is 26.1 Å². The molecule has 2 heterocycles. The van der Waals surface area contributed by atoms with E-state index in [0.717, 1.165) is 0 Å². The molecule has 1 aliphatic rings. The monoisotopic (exact) mass is 265 g/mol. The first-order valence-corrected chi connectivity index (χ1v) is 5.90. The number of hydrogen-bond donors (Lipinski definition) is 3. The summed E-state index contributed by atoms with van der Waals surface area (Å²) in [7, 11) is 0. The first-order chi connectivity index (χ1) is 9.03. The number of nitrogens with two attached hydrogens (primary N) is 1. The quantitative estimate of drug-likeness (QED) is 0.717. The highest BCUT2D eigenvalue weighted by Gasteiger charge is 2.40. The molecule has 7 heteroatoms. The largest absolute Gasteiger partial charge is 0.480 e. The molecule has 1 saturated heterocycles. The van der Waals surface area contributed by atoms with Crippen molar-refractivity contribution in [1.29, 1.82) is 0 Å². The van der Waals surface area contributed by atoms with Crippen LogP contribution >= 0.6 is 0 Å². The second-order valence-corrected chi connectivity index (χ2v) is 4.40. The number of carboxylic acid groups (broad SMARTS) is 1. The van der Waals surface area contributed by atoms with Gasteiger partial charge in [-0.05, 0) is 12.1 Å². The van der Waals surface area contributed by atoms with Crippen molar-refractivity contribution in [2.75, 3.05) is 18.5 Å². The Bertz CT molecular complexity index is 498. The fourth-order valence-electron chi connectivity index (χ4n) is 2.00. The average Bonchev–Trinajstić information content (AvgIpc) is 2.40. The van der Waals surface area contributed by atoms with E-state index in [4.69, 9.17) is 10.5 Å². The second kappa shape index (κ2) is 5.23. The maximum atomic E-state index is 11.5. The van der Waals surface area contributed by atoms with Gasteiger partial charge in [-0.3, -0.25) is 4.79 Å². The number of aliphatic carboxylic acids is 1. The molecule has 0 unspecified atom stereocenters. The Balaban J connectivity index is 2.24. The number of nitrogens with zero attached hydrogens (tertiary/aromatic N) is 1. The van der Waals surface area contributed by atoms with Crippen LogP contribution in [0, 0.1) is 0 Å². The zero-order valence-electron chi connectivity index (χ0n) is 10.3. The molecule has 1 aromatic heterocycles. The minimum absolute atomic E-state index is 0.0950. The maximum Gasteiger partial charge on any atom is 0.329 e. The number of amides is 1. The van der Waals surface area contributed by atoms with Crippen LogP contribution in [0.5, 0.6) is 0 Å². The number of hydrogen-bond acceptors (Lipinski definition) is 5. The normalized spacial score (nSPS) is 17.7. The standard InChI is InChI=1S/C12H15N3O4/c13-10(16)8-2-1-3-9(14-8)15-12(11(17)18)4-6-19-7-5-12/h1-3H,4-7H2,(H2,13,16)(H,14,15)(H,17,18). The van der Waals surface area contributed by atoms with E-state index in [0.29, 0.717) is 31.9 Å². The van der Waals surface area contributed by atoms with E-state index in [1.807, 2.05) is 0 Å². The second-order valence-electron chi connectivity index (χ2n) is 4.40. The molecule has 1 aliphatic heterocycles. The van der Waals surface area contributed by atoms with Gasteiger partial charge < -0.3 is 20.9 Å². The van der Waals surface area contributed by atoms with Crippen molar-refractivity contribution in [3.63, 3.8) is 0 Å².